The van der Waals surface area contributed by atoms with E-state index in [0.29, 0.717) is 23.2 Å². The van der Waals surface area contributed by atoms with Crippen molar-refractivity contribution in [2.24, 2.45) is 7.05 Å². The first-order valence-electron chi connectivity index (χ1n) is 15.3. The van der Waals surface area contributed by atoms with Crippen molar-refractivity contribution in [3.8, 4) is 0 Å². The normalized spacial score (nSPS) is 23.4. The minimum absolute atomic E-state index is 0.150. The lowest BCUT2D eigenvalue weighted by atomic mass is 9.87. The molecule has 232 valence electrons. The van der Waals surface area contributed by atoms with E-state index >= 15 is 0 Å². The molecule has 3 atom stereocenters. The van der Waals surface area contributed by atoms with Crippen LogP contribution in [0, 0.1) is 0 Å². The number of halogens is 1. The summed E-state index contributed by atoms with van der Waals surface area (Å²) < 4.78 is 1.84. The number of benzene rings is 1. The third-order valence-electron chi connectivity index (χ3n) is 9.04. The molecule has 3 aliphatic rings. The Morgan fingerprint density at radius 1 is 1.00 bits per heavy atom. The summed E-state index contributed by atoms with van der Waals surface area (Å²) in [6.45, 7) is 6.39. The van der Waals surface area contributed by atoms with Crippen LogP contribution in [0.15, 0.2) is 58.1 Å². The van der Waals surface area contributed by atoms with Gasteiger partial charge in [-0.2, -0.15) is 5.10 Å². The highest BCUT2D eigenvalue weighted by atomic mass is 79.9. The van der Waals surface area contributed by atoms with Gasteiger partial charge in [-0.05, 0) is 70.6 Å². The lowest BCUT2D eigenvalue weighted by Crippen LogP contribution is -2.46. The number of aryl methyl sites for hydroxylation is 1. The van der Waals surface area contributed by atoms with Gasteiger partial charge in [0, 0.05) is 71.5 Å². The maximum absolute atomic E-state index is 12.4. The summed E-state index contributed by atoms with van der Waals surface area (Å²) in [4.78, 5) is 47.9. The fraction of sp³-hybridized carbons (Fsp3) is 0.469. The van der Waals surface area contributed by atoms with Crippen molar-refractivity contribution in [3.05, 3.63) is 80.3 Å². The van der Waals surface area contributed by atoms with E-state index in [1.54, 1.807) is 19.4 Å². The molecule has 3 saturated heterocycles. The fourth-order valence-corrected chi connectivity index (χ4v) is 7.09. The predicted molar refractivity (Wildman–Crippen MR) is 173 cm³/mol. The maximum Gasteiger partial charge on any atom is 0.282 e. The standard InChI is InChI=1S/C32H39BrN8O3/c1-38-19-24(15-25(20-38)36-27-17-35-39(2)32(44)30(27)33)22-5-3-21(4-6-22)18-40-11-13-41(14-12-40)28-16-23(9-10-34-28)26-7-8-29(42)37-31(26)43/h3-6,9-10,16-17,24-26,36H,7-8,11-15,18-20H2,1-2H3,(H,37,42,43). The van der Waals surface area contributed by atoms with Crippen LogP contribution < -0.4 is 21.1 Å². The number of nitrogens with zero attached hydrogens (tertiary/aromatic N) is 6. The highest BCUT2D eigenvalue weighted by Gasteiger charge is 2.30. The monoisotopic (exact) mass is 662 g/mol. The first kappa shape index (κ1) is 30.4. The number of imide groups is 1. The number of piperazine rings is 1. The van der Waals surface area contributed by atoms with Crippen molar-refractivity contribution in [1.82, 2.24) is 29.9 Å². The molecule has 6 rings (SSSR count). The van der Waals surface area contributed by atoms with E-state index in [-0.39, 0.29) is 29.3 Å². The molecule has 2 N–H and O–H groups in total. The van der Waals surface area contributed by atoms with Crippen molar-refractivity contribution in [2.75, 3.05) is 56.5 Å². The molecule has 0 aliphatic carbocycles. The van der Waals surface area contributed by atoms with E-state index in [9.17, 15) is 14.4 Å². The molecule has 3 aliphatic heterocycles. The van der Waals surface area contributed by atoms with Gasteiger partial charge in [0.05, 0.1) is 17.8 Å². The topological polar surface area (TPSA) is 116 Å². The van der Waals surface area contributed by atoms with Gasteiger partial charge in [0.25, 0.3) is 5.56 Å². The number of pyridine rings is 1. The summed E-state index contributed by atoms with van der Waals surface area (Å²) in [5.41, 5.74) is 4.14. The van der Waals surface area contributed by atoms with Crippen molar-refractivity contribution in [2.45, 2.75) is 43.7 Å². The summed E-state index contributed by atoms with van der Waals surface area (Å²) in [5.74, 6) is 0.575. The van der Waals surface area contributed by atoms with Gasteiger partial charge in [-0.3, -0.25) is 24.6 Å². The molecule has 0 spiro atoms. The summed E-state index contributed by atoms with van der Waals surface area (Å²) in [6.07, 6.45) is 5.37. The molecule has 5 heterocycles. The summed E-state index contributed by atoms with van der Waals surface area (Å²) in [5, 5.41) is 10.2. The van der Waals surface area contributed by atoms with Crippen LogP contribution in [0.2, 0.25) is 0 Å². The zero-order chi connectivity index (χ0) is 30.8. The molecule has 3 aromatic rings. The third kappa shape index (κ3) is 6.87. The average molecular weight is 664 g/mol. The Balaban J connectivity index is 1.02. The number of carbonyl (C=O) groups excluding carboxylic acids is 2. The molecule has 0 radical (unpaired) electrons. The van der Waals surface area contributed by atoms with Crippen molar-refractivity contribution in [3.63, 3.8) is 0 Å². The Morgan fingerprint density at radius 3 is 2.52 bits per heavy atom. The lowest BCUT2D eigenvalue weighted by molar-refractivity contribution is -0.134. The Morgan fingerprint density at radius 2 is 1.77 bits per heavy atom. The highest BCUT2D eigenvalue weighted by molar-refractivity contribution is 9.10. The van der Waals surface area contributed by atoms with Gasteiger partial charge < -0.3 is 15.1 Å². The maximum atomic E-state index is 12.4. The van der Waals surface area contributed by atoms with E-state index in [4.69, 9.17) is 0 Å². The number of amides is 2. The largest absolute Gasteiger partial charge is 0.379 e. The average Bonchev–Trinajstić information content (AvgIpc) is 3.02. The second-order valence-corrected chi connectivity index (χ2v) is 13.0. The second-order valence-electron chi connectivity index (χ2n) is 12.3. The summed E-state index contributed by atoms with van der Waals surface area (Å²) in [6, 6.07) is 13.2. The van der Waals surface area contributed by atoms with Crippen LogP contribution in [0.5, 0.6) is 0 Å². The van der Waals surface area contributed by atoms with E-state index in [1.807, 2.05) is 12.1 Å². The zero-order valence-electron chi connectivity index (χ0n) is 25.2. The van der Waals surface area contributed by atoms with Crippen LogP contribution in [0.3, 0.4) is 0 Å². The highest BCUT2D eigenvalue weighted by Crippen LogP contribution is 2.30. The molecular weight excluding hydrogens is 624 g/mol. The molecule has 44 heavy (non-hydrogen) atoms. The minimum Gasteiger partial charge on any atom is -0.379 e. The Hall–Kier alpha value is -3.61. The van der Waals surface area contributed by atoms with Crippen LogP contribution in [-0.4, -0.2) is 88.7 Å². The SMILES string of the molecule is CN1CC(Nc2cnn(C)c(=O)c2Br)CC(c2ccc(CN3CCN(c4cc(C5CCC(=O)NC5=O)ccn4)CC3)cc2)C1. The van der Waals surface area contributed by atoms with Gasteiger partial charge in [-0.25, -0.2) is 9.67 Å². The van der Waals surface area contributed by atoms with Gasteiger partial charge in [-0.1, -0.05) is 24.3 Å². The first-order chi connectivity index (χ1) is 21.2. The van der Waals surface area contributed by atoms with Gasteiger partial charge in [0.1, 0.15) is 10.3 Å². The molecular formula is C32H39BrN8O3. The van der Waals surface area contributed by atoms with E-state index in [1.165, 1.54) is 15.8 Å². The Kier molecular flexibility index (Phi) is 9.11. The molecule has 12 heteroatoms. The van der Waals surface area contributed by atoms with Gasteiger partial charge in [0.15, 0.2) is 0 Å². The number of carbonyl (C=O) groups is 2. The third-order valence-corrected chi connectivity index (χ3v) is 9.80. The lowest BCUT2D eigenvalue weighted by Gasteiger charge is -2.37. The fourth-order valence-electron chi connectivity index (χ4n) is 6.62. The zero-order valence-corrected chi connectivity index (χ0v) is 26.8. The van der Waals surface area contributed by atoms with E-state index < -0.39 is 0 Å². The number of anilines is 2. The molecule has 2 amide bonds. The minimum atomic E-state index is -0.297. The van der Waals surface area contributed by atoms with Crippen molar-refractivity contribution < 1.29 is 9.59 Å². The summed E-state index contributed by atoms with van der Waals surface area (Å²) in [7, 11) is 3.79. The number of nitrogens with one attached hydrogen (secondary N) is 2. The van der Waals surface area contributed by atoms with Gasteiger partial charge in [-0.15, -0.1) is 0 Å². The van der Waals surface area contributed by atoms with Gasteiger partial charge >= 0.3 is 0 Å². The number of likely N-dealkylation sites (N-methyl/N-ethyl adjacent to an activating group) is 1. The number of piperidine rings is 2. The number of likely N-dealkylation sites (tertiary alicyclic amines) is 1. The summed E-state index contributed by atoms with van der Waals surface area (Å²) >= 11 is 3.44. The second kappa shape index (κ2) is 13.2. The molecule has 3 unspecified atom stereocenters. The van der Waals surface area contributed by atoms with Gasteiger partial charge in [0.2, 0.25) is 11.8 Å². The van der Waals surface area contributed by atoms with Crippen molar-refractivity contribution >= 4 is 39.2 Å². The van der Waals surface area contributed by atoms with Crippen LogP contribution in [0.25, 0.3) is 0 Å². The van der Waals surface area contributed by atoms with Crippen LogP contribution in [0.1, 0.15) is 47.8 Å². The first-order valence-corrected chi connectivity index (χ1v) is 16.1. The smallest absolute Gasteiger partial charge is 0.282 e. The number of aromatic nitrogens is 3. The van der Waals surface area contributed by atoms with Crippen LogP contribution in [-0.2, 0) is 23.2 Å². The molecule has 0 saturated carbocycles. The number of hydrogen-bond acceptors (Lipinski definition) is 9. The quantitative estimate of drug-likeness (QED) is 0.369. The molecule has 2 aromatic heterocycles. The molecule has 0 bridgehead atoms. The number of rotatable bonds is 7. The Labute approximate surface area is 265 Å². The predicted octanol–water partition coefficient (Wildman–Crippen LogP) is 2.68. The van der Waals surface area contributed by atoms with E-state index in [0.717, 1.165) is 69.3 Å². The molecule has 3 fully saturated rings. The molecule has 1 aromatic carbocycles. The van der Waals surface area contributed by atoms with Crippen LogP contribution >= 0.6 is 15.9 Å². The number of hydrogen-bond donors (Lipinski definition) is 2. The van der Waals surface area contributed by atoms with E-state index in [2.05, 4.69) is 82.7 Å². The van der Waals surface area contributed by atoms with Crippen LogP contribution in [0.4, 0.5) is 11.5 Å². The van der Waals surface area contributed by atoms with Crippen molar-refractivity contribution in [1.29, 1.82) is 0 Å². The molecule has 11 nitrogen and oxygen atoms in total. The Bertz CT molecular complexity index is 1570.